The van der Waals surface area contributed by atoms with E-state index in [4.69, 9.17) is 5.73 Å². The van der Waals surface area contributed by atoms with Crippen molar-refractivity contribution in [3.63, 3.8) is 0 Å². The maximum atomic E-state index is 13.1. The van der Waals surface area contributed by atoms with E-state index in [1.165, 1.54) is 24.3 Å². The van der Waals surface area contributed by atoms with Crippen molar-refractivity contribution in [2.24, 2.45) is 5.73 Å². The lowest BCUT2D eigenvalue weighted by molar-refractivity contribution is -0.137. The van der Waals surface area contributed by atoms with Gasteiger partial charge in [0, 0.05) is 30.7 Å². The van der Waals surface area contributed by atoms with Gasteiger partial charge in [-0.05, 0) is 48.4 Å². The van der Waals surface area contributed by atoms with Crippen molar-refractivity contribution >= 4 is 5.69 Å². The van der Waals surface area contributed by atoms with Crippen molar-refractivity contribution in [3.8, 4) is 0 Å². The number of rotatable bonds is 2. The molecule has 1 aliphatic heterocycles. The van der Waals surface area contributed by atoms with Gasteiger partial charge in [-0.15, -0.1) is 0 Å². The molecule has 1 fully saturated rings. The number of nitrogens with zero attached hydrogens (tertiary/aromatic N) is 1. The third-order valence-corrected chi connectivity index (χ3v) is 4.38. The van der Waals surface area contributed by atoms with Crippen molar-refractivity contribution in [1.82, 2.24) is 0 Å². The molecule has 2 unspecified atom stereocenters. The molecule has 0 aromatic heterocycles. The number of anilines is 1. The second-order valence-corrected chi connectivity index (χ2v) is 6.19. The molecule has 3 rings (SSSR count). The normalized spacial score (nSPS) is 21.8. The van der Waals surface area contributed by atoms with Crippen LogP contribution in [0.15, 0.2) is 48.5 Å². The van der Waals surface area contributed by atoms with Crippen LogP contribution in [-0.4, -0.2) is 19.1 Å². The zero-order chi connectivity index (χ0) is 17.3. The van der Waals surface area contributed by atoms with Crippen molar-refractivity contribution in [1.29, 1.82) is 0 Å². The Morgan fingerprint density at radius 3 is 2.12 bits per heavy atom. The van der Waals surface area contributed by atoms with E-state index in [0.717, 1.165) is 24.1 Å². The van der Waals surface area contributed by atoms with E-state index in [9.17, 15) is 17.6 Å². The Labute approximate surface area is 137 Å². The summed E-state index contributed by atoms with van der Waals surface area (Å²) in [6.07, 6.45) is -3.57. The minimum absolute atomic E-state index is 0.0869. The molecule has 1 saturated heterocycles. The van der Waals surface area contributed by atoms with E-state index in [1.807, 2.05) is 4.90 Å². The highest BCUT2D eigenvalue weighted by atomic mass is 19.4. The molecule has 1 heterocycles. The molecule has 24 heavy (non-hydrogen) atoms. The van der Waals surface area contributed by atoms with Crippen LogP contribution in [-0.2, 0) is 6.18 Å². The molecule has 128 valence electrons. The van der Waals surface area contributed by atoms with Crippen LogP contribution in [0.5, 0.6) is 0 Å². The van der Waals surface area contributed by atoms with Crippen LogP contribution in [0.4, 0.5) is 23.2 Å². The number of halogens is 4. The molecule has 0 amide bonds. The second kappa shape index (κ2) is 6.43. The summed E-state index contributed by atoms with van der Waals surface area (Å²) in [5, 5.41) is 0. The Hall–Kier alpha value is -2.08. The summed E-state index contributed by atoms with van der Waals surface area (Å²) in [5.41, 5.74) is 7.16. The van der Waals surface area contributed by atoms with Crippen LogP contribution >= 0.6 is 0 Å². The molecule has 0 bridgehead atoms. The van der Waals surface area contributed by atoms with Crippen molar-refractivity contribution in [3.05, 3.63) is 65.5 Å². The van der Waals surface area contributed by atoms with Gasteiger partial charge in [0.05, 0.1) is 5.56 Å². The molecule has 6 heteroatoms. The predicted molar refractivity (Wildman–Crippen MR) is 85.4 cm³/mol. The highest BCUT2D eigenvalue weighted by Crippen LogP contribution is 2.33. The predicted octanol–water partition coefficient (Wildman–Crippen LogP) is 4.17. The van der Waals surface area contributed by atoms with Crippen molar-refractivity contribution in [2.45, 2.75) is 24.6 Å². The van der Waals surface area contributed by atoms with Crippen molar-refractivity contribution < 1.29 is 17.6 Å². The largest absolute Gasteiger partial charge is 0.416 e. The zero-order valence-corrected chi connectivity index (χ0v) is 12.9. The molecule has 1 aliphatic rings. The summed E-state index contributed by atoms with van der Waals surface area (Å²) in [6.45, 7) is 1.23. The average Bonchev–Trinajstić information content (AvgIpc) is 2.54. The zero-order valence-electron chi connectivity index (χ0n) is 12.9. The topological polar surface area (TPSA) is 29.3 Å². The summed E-state index contributed by atoms with van der Waals surface area (Å²) in [5.74, 6) is -0.171. The minimum atomic E-state index is -4.34. The van der Waals surface area contributed by atoms with Gasteiger partial charge >= 0.3 is 6.18 Å². The molecule has 0 aliphatic carbocycles. The van der Waals surface area contributed by atoms with Gasteiger partial charge in [-0.2, -0.15) is 13.2 Å². The van der Waals surface area contributed by atoms with Crippen LogP contribution in [0, 0.1) is 5.82 Å². The lowest BCUT2D eigenvalue weighted by Crippen LogP contribution is -2.46. The molecule has 2 atom stereocenters. The summed E-state index contributed by atoms with van der Waals surface area (Å²) < 4.78 is 51.1. The quantitative estimate of drug-likeness (QED) is 0.833. The first kappa shape index (κ1) is 16.8. The summed E-state index contributed by atoms with van der Waals surface area (Å²) in [6, 6.07) is 11.3. The Bertz CT molecular complexity index is 680. The number of hydrogen-bond donors (Lipinski definition) is 1. The molecular weight excluding hydrogens is 320 g/mol. The van der Waals surface area contributed by atoms with Crippen LogP contribution in [0.2, 0.25) is 0 Å². The molecule has 0 saturated carbocycles. The Kier molecular flexibility index (Phi) is 4.49. The first-order valence-electron chi connectivity index (χ1n) is 7.76. The van der Waals surface area contributed by atoms with Crippen LogP contribution in [0.1, 0.15) is 23.5 Å². The molecule has 2 N–H and O–H groups in total. The van der Waals surface area contributed by atoms with E-state index in [-0.39, 0.29) is 17.8 Å². The monoisotopic (exact) mass is 338 g/mol. The summed E-state index contributed by atoms with van der Waals surface area (Å²) >= 11 is 0. The molecule has 0 spiro atoms. The molecule has 2 nitrogen and oxygen atoms in total. The molecule has 0 radical (unpaired) electrons. The van der Waals surface area contributed by atoms with Gasteiger partial charge in [-0.25, -0.2) is 4.39 Å². The Morgan fingerprint density at radius 1 is 0.917 bits per heavy atom. The SMILES string of the molecule is NC1CC(c2ccc(F)cc2)CN(c2ccc(C(F)(F)F)cc2)C1. The van der Waals surface area contributed by atoms with E-state index in [2.05, 4.69) is 0 Å². The fraction of sp³-hybridized carbons (Fsp3) is 0.333. The van der Waals surface area contributed by atoms with Gasteiger partial charge in [0.25, 0.3) is 0 Å². The number of alkyl halides is 3. The summed E-state index contributed by atoms with van der Waals surface area (Å²) in [4.78, 5) is 1.99. The first-order chi connectivity index (χ1) is 11.3. The van der Waals surface area contributed by atoms with E-state index in [0.29, 0.717) is 18.8 Å². The minimum Gasteiger partial charge on any atom is -0.369 e. The molecule has 2 aromatic rings. The van der Waals surface area contributed by atoms with Gasteiger partial charge in [-0.3, -0.25) is 0 Å². The van der Waals surface area contributed by atoms with Gasteiger partial charge in [0.2, 0.25) is 0 Å². The number of benzene rings is 2. The Morgan fingerprint density at radius 2 is 1.54 bits per heavy atom. The van der Waals surface area contributed by atoms with Gasteiger partial charge in [0.1, 0.15) is 5.82 Å². The van der Waals surface area contributed by atoms with Gasteiger partial charge < -0.3 is 10.6 Å². The van der Waals surface area contributed by atoms with E-state index >= 15 is 0 Å². The third-order valence-electron chi connectivity index (χ3n) is 4.38. The second-order valence-electron chi connectivity index (χ2n) is 6.19. The highest BCUT2D eigenvalue weighted by molar-refractivity contribution is 5.49. The standard InChI is InChI=1S/C18H18F4N2/c19-15-5-1-12(2-6-15)13-9-16(23)11-24(10-13)17-7-3-14(4-8-17)18(20,21)22/h1-8,13,16H,9-11,23H2. The smallest absolute Gasteiger partial charge is 0.369 e. The van der Waals surface area contributed by atoms with Gasteiger partial charge in [-0.1, -0.05) is 12.1 Å². The maximum absolute atomic E-state index is 13.1. The van der Waals surface area contributed by atoms with Crippen LogP contribution in [0.25, 0.3) is 0 Å². The highest BCUT2D eigenvalue weighted by Gasteiger charge is 2.31. The lowest BCUT2D eigenvalue weighted by Gasteiger charge is -2.38. The van der Waals surface area contributed by atoms with Crippen LogP contribution in [0.3, 0.4) is 0 Å². The summed E-state index contributed by atoms with van der Waals surface area (Å²) in [7, 11) is 0. The fourth-order valence-corrected chi connectivity index (χ4v) is 3.19. The first-order valence-corrected chi connectivity index (χ1v) is 7.76. The van der Waals surface area contributed by atoms with Crippen molar-refractivity contribution in [2.75, 3.05) is 18.0 Å². The molecule has 2 aromatic carbocycles. The van der Waals surface area contributed by atoms with E-state index < -0.39 is 11.7 Å². The number of nitrogens with two attached hydrogens (primary N) is 1. The lowest BCUT2D eigenvalue weighted by atomic mass is 9.88. The Balaban J connectivity index is 1.79. The van der Waals surface area contributed by atoms with Gasteiger partial charge in [0.15, 0.2) is 0 Å². The van der Waals surface area contributed by atoms with Crippen LogP contribution < -0.4 is 10.6 Å². The molecular formula is C18H18F4N2. The third kappa shape index (κ3) is 3.70. The number of hydrogen-bond acceptors (Lipinski definition) is 2. The fourth-order valence-electron chi connectivity index (χ4n) is 3.19. The maximum Gasteiger partial charge on any atom is 0.416 e. The average molecular weight is 338 g/mol. The number of piperidine rings is 1. The van der Waals surface area contributed by atoms with E-state index in [1.54, 1.807) is 12.1 Å².